The molecule has 1 aliphatic rings. The lowest BCUT2D eigenvalue weighted by atomic mass is 9.97. The van der Waals surface area contributed by atoms with E-state index in [0.29, 0.717) is 0 Å². The van der Waals surface area contributed by atoms with Crippen LogP contribution in [0.2, 0.25) is 0 Å². The fourth-order valence-electron chi connectivity index (χ4n) is 2.89. The van der Waals surface area contributed by atoms with Crippen LogP contribution in [-0.2, 0) is 4.79 Å². The molecule has 0 aromatic carbocycles. The highest BCUT2D eigenvalue weighted by Gasteiger charge is 2.27. The number of nitrogens with zero attached hydrogens (tertiary/aromatic N) is 3. The van der Waals surface area contributed by atoms with E-state index in [1.54, 1.807) is 6.33 Å². The summed E-state index contributed by atoms with van der Waals surface area (Å²) in [6.45, 7) is 4.49. The van der Waals surface area contributed by atoms with Crippen LogP contribution in [0.3, 0.4) is 0 Å². The highest BCUT2D eigenvalue weighted by molar-refractivity contribution is 5.88. The van der Waals surface area contributed by atoms with Crippen molar-refractivity contribution < 1.29 is 4.79 Å². The van der Waals surface area contributed by atoms with Crippen molar-refractivity contribution in [3.63, 3.8) is 0 Å². The summed E-state index contributed by atoms with van der Waals surface area (Å²) >= 11 is 0. The van der Waals surface area contributed by atoms with E-state index in [1.165, 1.54) is 0 Å². The van der Waals surface area contributed by atoms with Gasteiger partial charge in [0.25, 0.3) is 0 Å². The molecular weight excluding hydrogens is 266 g/mol. The van der Waals surface area contributed by atoms with E-state index < -0.39 is 0 Å². The Labute approximate surface area is 124 Å². The number of nitrogens with one attached hydrogen (secondary N) is 2. The van der Waals surface area contributed by atoms with Crippen molar-refractivity contribution in [1.82, 2.24) is 20.3 Å². The quantitative estimate of drug-likeness (QED) is 0.897. The fraction of sp³-hybridized carbons (Fsp3) is 0.533. The molecule has 0 bridgehead atoms. The lowest BCUT2D eigenvalue weighted by Gasteiger charge is -2.33. The minimum Gasteiger partial charge on any atom is -0.356 e. The number of H-pyrrole nitrogens is 1. The molecule has 6 nitrogen and oxygen atoms in total. The number of rotatable bonds is 4. The van der Waals surface area contributed by atoms with Gasteiger partial charge in [-0.15, -0.1) is 0 Å². The molecule has 2 N–H and O–H groups in total. The van der Waals surface area contributed by atoms with Gasteiger partial charge in [-0.2, -0.15) is 0 Å². The van der Waals surface area contributed by atoms with Crippen LogP contribution >= 0.6 is 0 Å². The number of aromatic amines is 1. The standard InChI is InChI=1S/C15H21N5O/c1-2-6-17-15(21)11-4-3-8-20(9-11)14-12-5-7-16-13(12)18-10-19-14/h5,7,10-11H,2-4,6,8-9H2,1H3,(H,17,21)(H,16,18,19)/t11-/m0/s1. The van der Waals surface area contributed by atoms with Crippen molar-refractivity contribution in [2.75, 3.05) is 24.5 Å². The van der Waals surface area contributed by atoms with Crippen LogP contribution in [0.4, 0.5) is 5.82 Å². The average Bonchev–Trinajstić information content (AvgIpc) is 3.01. The highest BCUT2D eigenvalue weighted by atomic mass is 16.1. The third-order valence-electron chi connectivity index (χ3n) is 3.97. The lowest BCUT2D eigenvalue weighted by molar-refractivity contribution is -0.125. The number of carbonyl (C=O) groups is 1. The number of anilines is 1. The Morgan fingerprint density at radius 2 is 2.43 bits per heavy atom. The van der Waals surface area contributed by atoms with Crippen LogP contribution in [0, 0.1) is 5.92 Å². The van der Waals surface area contributed by atoms with Gasteiger partial charge in [-0.05, 0) is 25.3 Å². The lowest BCUT2D eigenvalue weighted by Crippen LogP contribution is -2.43. The van der Waals surface area contributed by atoms with Gasteiger partial charge in [0.15, 0.2) is 0 Å². The SMILES string of the molecule is CCCNC(=O)[C@H]1CCCN(c2ncnc3[nH]ccc23)C1. The van der Waals surface area contributed by atoms with E-state index in [-0.39, 0.29) is 11.8 Å². The number of carbonyl (C=O) groups excluding carboxylic acids is 1. The molecule has 2 aromatic rings. The predicted molar refractivity (Wildman–Crippen MR) is 82.1 cm³/mol. The van der Waals surface area contributed by atoms with Crippen LogP contribution in [-0.4, -0.2) is 40.5 Å². The molecule has 0 unspecified atom stereocenters. The minimum atomic E-state index is 0.0502. The van der Waals surface area contributed by atoms with E-state index in [1.807, 2.05) is 12.3 Å². The zero-order valence-electron chi connectivity index (χ0n) is 12.3. The second-order valence-corrected chi connectivity index (χ2v) is 5.51. The molecule has 0 spiro atoms. The first-order valence-corrected chi connectivity index (χ1v) is 7.60. The smallest absolute Gasteiger partial charge is 0.224 e. The molecule has 1 amide bonds. The number of piperidine rings is 1. The van der Waals surface area contributed by atoms with Crippen LogP contribution in [0.1, 0.15) is 26.2 Å². The summed E-state index contributed by atoms with van der Waals surface area (Å²) in [7, 11) is 0. The second kappa shape index (κ2) is 6.11. The molecule has 1 saturated heterocycles. The molecule has 21 heavy (non-hydrogen) atoms. The van der Waals surface area contributed by atoms with Crippen LogP contribution in [0.25, 0.3) is 11.0 Å². The Morgan fingerprint density at radius 1 is 1.52 bits per heavy atom. The van der Waals surface area contributed by atoms with Crippen molar-refractivity contribution in [3.8, 4) is 0 Å². The second-order valence-electron chi connectivity index (χ2n) is 5.51. The van der Waals surface area contributed by atoms with E-state index in [0.717, 1.165) is 55.7 Å². The van der Waals surface area contributed by atoms with E-state index in [4.69, 9.17) is 0 Å². The summed E-state index contributed by atoms with van der Waals surface area (Å²) in [6.07, 6.45) is 6.39. The maximum absolute atomic E-state index is 12.2. The molecular formula is C15H21N5O. The Kier molecular flexibility index (Phi) is 4.03. The number of amides is 1. The Morgan fingerprint density at radius 3 is 3.29 bits per heavy atom. The summed E-state index contributed by atoms with van der Waals surface area (Å²) in [5, 5.41) is 4.02. The van der Waals surface area contributed by atoms with Gasteiger partial charge in [-0.3, -0.25) is 4.79 Å². The first kappa shape index (κ1) is 13.9. The number of fused-ring (bicyclic) bond motifs is 1. The molecule has 0 aliphatic carbocycles. The third-order valence-corrected chi connectivity index (χ3v) is 3.97. The summed E-state index contributed by atoms with van der Waals surface area (Å²) < 4.78 is 0. The van der Waals surface area contributed by atoms with E-state index in [2.05, 4.69) is 32.1 Å². The largest absolute Gasteiger partial charge is 0.356 e. The minimum absolute atomic E-state index is 0.0502. The summed E-state index contributed by atoms with van der Waals surface area (Å²) in [4.78, 5) is 26.1. The molecule has 1 atom stereocenters. The predicted octanol–water partition coefficient (Wildman–Crippen LogP) is 1.70. The first-order chi connectivity index (χ1) is 10.3. The number of hydrogen-bond donors (Lipinski definition) is 2. The zero-order chi connectivity index (χ0) is 14.7. The van der Waals surface area contributed by atoms with Gasteiger partial charge < -0.3 is 15.2 Å². The molecule has 3 rings (SSSR count). The van der Waals surface area contributed by atoms with Crippen LogP contribution < -0.4 is 10.2 Å². The fourth-order valence-corrected chi connectivity index (χ4v) is 2.89. The molecule has 6 heteroatoms. The monoisotopic (exact) mass is 287 g/mol. The Hall–Kier alpha value is -2.11. The van der Waals surface area contributed by atoms with Crippen LogP contribution in [0.5, 0.6) is 0 Å². The molecule has 0 radical (unpaired) electrons. The van der Waals surface area contributed by atoms with Gasteiger partial charge in [-0.1, -0.05) is 6.92 Å². The molecule has 1 aliphatic heterocycles. The van der Waals surface area contributed by atoms with Crippen molar-refractivity contribution in [1.29, 1.82) is 0 Å². The van der Waals surface area contributed by atoms with E-state index >= 15 is 0 Å². The van der Waals surface area contributed by atoms with Gasteiger partial charge in [0, 0.05) is 25.8 Å². The first-order valence-electron chi connectivity index (χ1n) is 7.60. The Balaban J connectivity index is 1.77. The highest BCUT2D eigenvalue weighted by Crippen LogP contribution is 2.26. The van der Waals surface area contributed by atoms with Crippen molar-refractivity contribution in [2.24, 2.45) is 5.92 Å². The number of hydrogen-bond acceptors (Lipinski definition) is 4. The maximum atomic E-state index is 12.2. The zero-order valence-corrected chi connectivity index (χ0v) is 12.3. The number of aromatic nitrogens is 3. The van der Waals surface area contributed by atoms with Gasteiger partial charge in [-0.25, -0.2) is 9.97 Å². The average molecular weight is 287 g/mol. The normalized spacial score (nSPS) is 18.9. The molecule has 1 fully saturated rings. The third kappa shape index (κ3) is 2.84. The summed E-state index contributed by atoms with van der Waals surface area (Å²) in [6, 6.07) is 1.99. The Bertz CT molecular complexity index is 623. The van der Waals surface area contributed by atoms with Gasteiger partial charge in [0.05, 0.1) is 11.3 Å². The van der Waals surface area contributed by atoms with Gasteiger partial charge in [0.2, 0.25) is 5.91 Å². The summed E-state index contributed by atoms with van der Waals surface area (Å²) in [5.41, 5.74) is 0.845. The van der Waals surface area contributed by atoms with Gasteiger partial charge in [0.1, 0.15) is 17.8 Å². The van der Waals surface area contributed by atoms with Gasteiger partial charge >= 0.3 is 0 Å². The topological polar surface area (TPSA) is 73.9 Å². The molecule has 2 aromatic heterocycles. The molecule has 112 valence electrons. The summed E-state index contributed by atoms with van der Waals surface area (Å²) in [5.74, 6) is 1.14. The van der Waals surface area contributed by atoms with Crippen molar-refractivity contribution >= 4 is 22.8 Å². The van der Waals surface area contributed by atoms with E-state index in [9.17, 15) is 4.79 Å². The van der Waals surface area contributed by atoms with Crippen molar-refractivity contribution in [2.45, 2.75) is 26.2 Å². The maximum Gasteiger partial charge on any atom is 0.224 e. The van der Waals surface area contributed by atoms with Crippen molar-refractivity contribution in [3.05, 3.63) is 18.6 Å². The molecule has 0 saturated carbocycles. The molecule has 3 heterocycles. The van der Waals surface area contributed by atoms with Crippen LogP contribution in [0.15, 0.2) is 18.6 Å².